The molecule has 0 atom stereocenters. The number of hydrogen-bond donors (Lipinski definition) is 2. The molecule has 1 aromatic carbocycles. The van der Waals surface area contributed by atoms with Gasteiger partial charge in [-0.05, 0) is 32.1 Å². The van der Waals surface area contributed by atoms with Crippen LogP contribution in [-0.2, 0) is 4.79 Å². The van der Waals surface area contributed by atoms with Crippen LogP contribution in [0.2, 0.25) is 0 Å². The van der Waals surface area contributed by atoms with Gasteiger partial charge in [0.1, 0.15) is 0 Å². The third kappa shape index (κ3) is 6.10. The first-order chi connectivity index (χ1) is 6.83. The highest BCUT2D eigenvalue weighted by molar-refractivity contribution is 5.90. The topological polar surface area (TPSA) is 41.1 Å². The maximum absolute atomic E-state index is 11.3. The number of amides is 1. The predicted octanol–water partition coefficient (Wildman–Crippen LogP) is 2.05. The Morgan fingerprint density at radius 3 is 2.53 bits per heavy atom. The number of hydrogen-bond acceptors (Lipinski definition) is 2. The Bertz CT molecular complexity index is 277. The van der Waals surface area contributed by atoms with Crippen LogP contribution in [0.1, 0.15) is 12.8 Å². The van der Waals surface area contributed by atoms with E-state index in [1.807, 2.05) is 37.4 Å². The number of para-hydroxylation sites is 1. The van der Waals surface area contributed by atoms with Gasteiger partial charge in [0.15, 0.2) is 0 Å². The molecule has 0 radical (unpaired) electrons. The Kier molecular flexibility index (Phi) is 7.68. The SMILES string of the molecule is CNCCCC(=O)Nc1ccccc1.Cl. The van der Waals surface area contributed by atoms with Crippen LogP contribution in [0.5, 0.6) is 0 Å². The third-order valence-corrected chi connectivity index (χ3v) is 1.89. The summed E-state index contributed by atoms with van der Waals surface area (Å²) in [6.45, 7) is 0.877. The lowest BCUT2D eigenvalue weighted by Crippen LogP contribution is -2.15. The van der Waals surface area contributed by atoms with Gasteiger partial charge in [0.05, 0.1) is 0 Å². The highest BCUT2D eigenvalue weighted by Gasteiger charge is 2.00. The van der Waals surface area contributed by atoms with E-state index in [2.05, 4.69) is 10.6 Å². The van der Waals surface area contributed by atoms with E-state index in [1.165, 1.54) is 0 Å². The summed E-state index contributed by atoms with van der Waals surface area (Å²) in [6.07, 6.45) is 1.44. The minimum absolute atomic E-state index is 0. The number of carbonyl (C=O) groups excluding carboxylic acids is 1. The zero-order chi connectivity index (χ0) is 10.2. The van der Waals surface area contributed by atoms with Crippen LogP contribution in [0.25, 0.3) is 0 Å². The third-order valence-electron chi connectivity index (χ3n) is 1.89. The molecule has 0 aliphatic heterocycles. The first-order valence-corrected chi connectivity index (χ1v) is 4.82. The highest BCUT2D eigenvalue weighted by atomic mass is 35.5. The van der Waals surface area contributed by atoms with Crippen LogP contribution in [0.3, 0.4) is 0 Å². The fourth-order valence-corrected chi connectivity index (χ4v) is 1.17. The highest BCUT2D eigenvalue weighted by Crippen LogP contribution is 2.05. The molecule has 3 nitrogen and oxygen atoms in total. The Labute approximate surface area is 96.7 Å². The molecule has 0 unspecified atom stereocenters. The molecule has 15 heavy (non-hydrogen) atoms. The van der Waals surface area contributed by atoms with Gasteiger partial charge in [0.25, 0.3) is 0 Å². The van der Waals surface area contributed by atoms with Crippen molar-refractivity contribution in [2.24, 2.45) is 0 Å². The number of rotatable bonds is 5. The monoisotopic (exact) mass is 228 g/mol. The van der Waals surface area contributed by atoms with E-state index in [0.717, 1.165) is 18.7 Å². The molecule has 0 bridgehead atoms. The van der Waals surface area contributed by atoms with Crippen molar-refractivity contribution >= 4 is 24.0 Å². The number of nitrogens with one attached hydrogen (secondary N) is 2. The van der Waals surface area contributed by atoms with E-state index in [1.54, 1.807) is 0 Å². The summed E-state index contributed by atoms with van der Waals surface area (Å²) in [6, 6.07) is 9.51. The van der Waals surface area contributed by atoms with Crippen molar-refractivity contribution in [3.63, 3.8) is 0 Å². The molecule has 84 valence electrons. The van der Waals surface area contributed by atoms with Crippen LogP contribution in [-0.4, -0.2) is 19.5 Å². The van der Waals surface area contributed by atoms with Crippen molar-refractivity contribution < 1.29 is 4.79 Å². The minimum Gasteiger partial charge on any atom is -0.326 e. The summed E-state index contributed by atoms with van der Waals surface area (Å²) < 4.78 is 0. The summed E-state index contributed by atoms with van der Waals surface area (Å²) in [4.78, 5) is 11.3. The minimum atomic E-state index is 0. The van der Waals surface area contributed by atoms with E-state index in [-0.39, 0.29) is 18.3 Å². The molecule has 1 amide bonds. The molecule has 0 aliphatic carbocycles. The average molecular weight is 229 g/mol. The van der Waals surface area contributed by atoms with E-state index in [9.17, 15) is 4.79 Å². The molecule has 0 saturated heterocycles. The summed E-state index contributed by atoms with van der Waals surface area (Å²) in [7, 11) is 1.88. The lowest BCUT2D eigenvalue weighted by molar-refractivity contribution is -0.116. The molecule has 2 N–H and O–H groups in total. The van der Waals surface area contributed by atoms with Gasteiger partial charge in [-0.25, -0.2) is 0 Å². The number of carbonyl (C=O) groups is 1. The van der Waals surface area contributed by atoms with Gasteiger partial charge in [-0.2, -0.15) is 0 Å². The standard InChI is InChI=1S/C11H16N2O.ClH/c1-12-9-5-8-11(14)13-10-6-3-2-4-7-10;/h2-4,6-7,12H,5,8-9H2,1H3,(H,13,14);1H. The first-order valence-electron chi connectivity index (χ1n) is 4.82. The zero-order valence-electron chi connectivity index (χ0n) is 8.82. The molecule has 0 spiro atoms. The van der Waals surface area contributed by atoms with Gasteiger partial charge < -0.3 is 10.6 Å². The average Bonchev–Trinajstić information content (AvgIpc) is 2.20. The summed E-state index contributed by atoms with van der Waals surface area (Å²) in [5.41, 5.74) is 0.863. The smallest absolute Gasteiger partial charge is 0.224 e. The van der Waals surface area contributed by atoms with Gasteiger partial charge in [0, 0.05) is 12.1 Å². The maximum atomic E-state index is 11.3. The lowest BCUT2D eigenvalue weighted by Gasteiger charge is -2.04. The molecule has 1 aromatic rings. The lowest BCUT2D eigenvalue weighted by atomic mass is 10.2. The van der Waals surface area contributed by atoms with Gasteiger partial charge in [0.2, 0.25) is 5.91 Å². The molecule has 4 heteroatoms. The largest absolute Gasteiger partial charge is 0.326 e. The molecule has 1 rings (SSSR count). The summed E-state index contributed by atoms with van der Waals surface area (Å²) in [5.74, 6) is 0.0754. The Balaban J connectivity index is 0.00000196. The number of benzene rings is 1. The van der Waals surface area contributed by atoms with Gasteiger partial charge in [-0.1, -0.05) is 18.2 Å². The fourth-order valence-electron chi connectivity index (χ4n) is 1.17. The molecule has 0 heterocycles. The molecule has 0 aliphatic rings. The van der Waals surface area contributed by atoms with E-state index >= 15 is 0 Å². The molecular weight excluding hydrogens is 212 g/mol. The van der Waals surface area contributed by atoms with E-state index in [0.29, 0.717) is 6.42 Å². The quantitative estimate of drug-likeness (QED) is 0.758. The summed E-state index contributed by atoms with van der Waals surface area (Å²) >= 11 is 0. The predicted molar refractivity (Wildman–Crippen MR) is 65.5 cm³/mol. The van der Waals surface area contributed by atoms with E-state index in [4.69, 9.17) is 0 Å². The summed E-state index contributed by atoms with van der Waals surface area (Å²) in [5, 5.41) is 5.84. The molecule has 0 aromatic heterocycles. The second-order valence-electron chi connectivity index (χ2n) is 3.12. The van der Waals surface area contributed by atoms with Crippen LogP contribution in [0, 0.1) is 0 Å². The Morgan fingerprint density at radius 1 is 1.27 bits per heavy atom. The van der Waals surface area contributed by atoms with Crippen LogP contribution in [0.15, 0.2) is 30.3 Å². The second kappa shape index (κ2) is 8.26. The molecule has 0 saturated carbocycles. The fraction of sp³-hybridized carbons (Fsp3) is 0.364. The van der Waals surface area contributed by atoms with Crippen LogP contribution < -0.4 is 10.6 Å². The van der Waals surface area contributed by atoms with Crippen molar-refractivity contribution in [3.05, 3.63) is 30.3 Å². The number of anilines is 1. The molecule has 0 fully saturated rings. The van der Waals surface area contributed by atoms with Crippen molar-refractivity contribution in [2.75, 3.05) is 18.9 Å². The zero-order valence-corrected chi connectivity index (χ0v) is 9.64. The van der Waals surface area contributed by atoms with Gasteiger partial charge in [-0.3, -0.25) is 4.79 Å². The van der Waals surface area contributed by atoms with Crippen LogP contribution in [0.4, 0.5) is 5.69 Å². The van der Waals surface area contributed by atoms with Crippen molar-refractivity contribution in [2.45, 2.75) is 12.8 Å². The molecular formula is C11H17ClN2O. The second-order valence-corrected chi connectivity index (χ2v) is 3.12. The first kappa shape index (κ1) is 13.9. The maximum Gasteiger partial charge on any atom is 0.224 e. The Hall–Kier alpha value is -1.06. The van der Waals surface area contributed by atoms with Gasteiger partial charge in [-0.15, -0.1) is 12.4 Å². The van der Waals surface area contributed by atoms with Crippen molar-refractivity contribution in [3.8, 4) is 0 Å². The normalized spacial score (nSPS) is 9.13. The van der Waals surface area contributed by atoms with Crippen molar-refractivity contribution in [1.82, 2.24) is 5.32 Å². The Morgan fingerprint density at radius 2 is 1.93 bits per heavy atom. The van der Waals surface area contributed by atoms with Crippen molar-refractivity contribution in [1.29, 1.82) is 0 Å². The van der Waals surface area contributed by atoms with Crippen LogP contribution >= 0.6 is 12.4 Å². The number of halogens is 1. The van der Waals surface area contributed by atoms with E-state index < -0.39 is 0 Å². The van der Waals surface area contributed by atoms with Gasteiger partial charge >= 0.3 is 0 Å².